The SMILES string of the molecule is Cc1nc(C)c(C(O)c2c(Cl)cnn2C(C)C)s1. The maximum Gasteiger partial charge on any atom is 0.133 e. The second-order valence-electron chi connectivity index (χ2n) is 4.50. The van der Waals surface area contributed by atoms with E-state index in [9.17, 15) is 5.11 Å². The molecular weight excluding hydrogens is 270 g/mol. The first-order valence-electron chi connectivity index (χ1n) is 5.76. The van der Waals surface area contributed by atoms with E-state index >= 15 is 0 Å². The van der Waals surface area contributed by atoms with Crippen LogP contribution in [0.25, 0.3) is 0 Å². The van der Waals surface area contributed by atoms with Crippen molar-refractivity contribution in [3.63, 3.8) is 0 Å². The fourth-order valence-corrected chi connectivity index (χ4v) is 3.09. The molecule has 1 N–H and O–H groups in total. The van der Waals surface area contributed by atoms with Crippen LogP contribution in [0.4, 0.5) is 0 Å². The van der Waals surface area contributed by atoms with Crippen LogP contribution in [0.1, 0.15) is 47.3 Å². The van der Waals surface area contributed by atoms with Crippen LogP contribution in [-0.4, -0.2) is 19.9 Å². The molecule has 6 heteroatoms. The number of nitrogens with zero attached hydrogens (tertiary/aromatic N) is 3. The number of aliphatic hydroxyl groups excluding tert-OH is 1. The van der Waals surface area contributed by atoms with Crippen LogP contribution in [0.5, 0.6) is 0 Å². The normalized spacial score (nSPS) is 13.3. The van der Waals surface area contributed by atoms with E-state index in [-0.39, 0.29) is 6.04 Å². The molecule has 2 rings (SSSR count). The van der Waals surface area contributed by atoms with Gasteiger partial charge in [0.15, 0.2) is 0 Å². The molecule has 0 fully saturated rings. The van der Waals surface area contributed by atoms with Gasteiger partial charge in [-0.2, -0.15) is 5.10 Å². The maximum atomic E-state index is 10.5. The lowest BCUT2D eigenvalue weighted by molar-refractivity contribution is 0.208. The van der Waals surface area contributed by atoms with Crippen LogP contribution in [0.2, 0.25) is 5.02 Å². The minimum Gasteiger partial charge on any atom is -0.381 e. The molecule has 1 atom stereocenters. The molecule has 0 aliphatic rings. The molecule has 0 saturated carbocycles. The molecule has 0 amide bonds. The lowest BCUT2D eigenvalue weighted by Crippen LogP contribution is -2.12. The molecule has 0 bridgehead atoms. The molecule has 0 aromatic carbocycles. The third kappa shape index (κ3) is 2.30. The van der Waals surface area contributed by atoms with Crippen molar-refractivity contribution in [2.75, 3.05) is 0 Å². The van der Waals surface area contributed by atoms with Crippen molar-refractivity contribution in [2.45, 2.75) is 39.8 Å². The van der Waals surface area contributed by atoms with Crippen molar-refractivity contribution in [2.24, 2.45) is 0 Å². The number of thiazole rings is 1. The molecule has 0 aliphatic carbocycles. The Hall–Kier alpha value is -0.910. The Kier molecular flexibility index (Phi) is 3.75. The van der Waals surface area contributed by atoms with Crippen molar-refractivity contribution in [1.82, 2.24) is 14.8 Å². The van der Waals surface area contributed by atoms with Crippen LogP contribution >= 0.6 is 22.9 Å². The first kappa shape index (κ1) is 13.5. The Morgan fingerprint density at radius 2 is 2.06 bits per heavy atom. The zero-order valence-electron chi connectivity index (χ0n) is 10.8. The average Bonchev–Trinajstić information content (AvgIpc) is 2.81. The number of aliphatic hydroxyl groups is 1. The summed E-state index contributed by atoms with van der Waals surface area (Å²) in [5.74, 6) is 0. The van der Waals surface area contributed by atoms with Gasteiger partial charge in [-0.1, -0.05) is 11.6 Å². The molecule has 2 heterocycles. The van der Waals surface area contributed by atoms with Crippen LogP contribution < -0.4 is 0 Å². The number of hydrogen-bond donors (Lipinski definition) is 1. The number of hydrogen-bond acceptors (Lipinski definition) is 4. The summed E-state index contributed by atoms with van der Waals surface area (Å²) in [6, 6.07) is 0.150. The van der Waals surface area contributed by atoms with E-state index in [4.69, 9.17) is 11.6 Å². The van der Waals surface area contributed by atoms with E-state index in [1.54, 1.807) is 10.9 Å². The quantitative estimate of drug-likeness (QED) is 0.941. The molecular formula is C12H16ClN3OS. The largest absolute Gasteiger partial charge is 0.381 e. The Labute approximate surface area is 115 Å². The Morgan fingerprint density at radius 1 is 1.39 bits per heavy atom. The topological polar surface area (TPSA) is 50.9 Å². The molecule has 0 aliphatic heterocycles. The molecule has 18 heavy (non-hydrogen) atoms. The second kappa shape index (κ2) is 4.99. The second-order valence-corrected chi connectivity index (χ2v) is 6.14. The summed E-state index contributed by atoms with van der Waals surface area (Å²) in [5.41, 5.74) is 1.48. The van der Waals surface area contributed by atoms with Crippen molar-refractivity contribution in [1.29, 1.82) is 0 Å². The van der Waals surface area contributed by atoms with Crippen molar-refractivity contribution in [3.8, 4) is 0 Å². The molecule has 0 radical (unpaired) electrons. The highest BCUT2D eigenvalue weighted by atomic mass is 35.5. The van der Waals surface area contributed by atoms with Gasteiger partial charge in [-0.05, 0) is 27.7 Å². The van der Waals surface area contributed by atoms with Gasteiger partial charge in [-0.3, -0.25) is 4.68 Å². The van der Waals surface area contributed by atoms with Gasteiger partial charge in [0.25, 0.3) is 0 Å². The summed E-state index contributed by atoms with van der Waals surface area (Å²) in [6.07, 6.45) is 0.803. The lowest BCUT2D eigenvalue weighted by Gasteiger charge is -2.15. The van der Waals surface area contributed by atoms with Crippen molar-refractivity contribution in [3.05, 3.63) is 32.5 Å². The first-order valence-corrected chi connectivity index (χ1v) is 6.96. The Morgan fingerprint density at radius 3 is 2.56 bits per heavy atom. The van der Waals surface area contributed by atoms with E-state index in [2.05, 4.69) is 10.1 Å². The maximum absolute atomic E-state index is 10.5. The average molecular weight is 286 g/mol. The standard InChI is InChI=1S/C12H16ClN3OS/c1-6(2)16-10(9(13)5-14-16)11(17)12-7(3)15-8(4)18-12/h5-6,11,17H,1-4H3. The van der Waals surface area contributed by atoms with E-state index in [1.807, 2.05) is 27.7 Å². The van der Waals surface area contributed by atoms with Crippen molar-refractivity contribution < 1.29 is 5.11 Å². The molecule has 4 nitrogen and oxygen atoms in total. The fourth-order valence-electron chi connectivity index (χ4n) is 1.94. The number of aromatic nitrogens is 3. The summed E-state index contributed by atoms with van der Waals surface area (Å²) in [6.45, 7) is 7.83. The first-order chi connectivity index (χ1) is 8.41. The highest BCUT2D eigenvalue weighted by Crippen LogP contribution is 2.34. The minimum atomic E-state index is -0.770. The smallest absolute Gasteiger partial charge is 0.133 e. The summed E-state index contributed by atoms with van der Waals surface area (Å²) < 4.78 is 1.75. The Bertz CT molecular complexity index is 562. The molecule has 1 unspecified atom stereocenters. The van der Waals surface area contributed by atoms with Gasteiger partial charge in [-0.25, -0.2) is 4.98 Å². The number of halogens is 1. The third-order valence-electron chi connectivity index (χ3n) is 2.72. The van der Waals surface area contributed by atoms with Crippen LogP contribution in [0, 0.1) is 13.8 Å². The van der Waals surface area contributed by atoms with E-state index < -0.39 is 6.10 Å². The van der Waals surface area contributed by atoms with Gasteiger partial charge >= 0.3 is 0 Å². The van der Waals surface area contributed by atoms with Crippen LogP contribution in [-0.2, 0) is 0 Å². The zero-order chi connectivity index (χ0) is 13.4. The van der Waals surface area contributed by atoms with Crippen LogP contribution in [0.3, 0.4) is 0 Å². The van der Waals surface area contributed by atoms with Gasteiger partial charge < -0.3 is 5.11 Å². The Balaban J connectivity index is 2.48. The number of aryl methyl sites for hydroxylation is 2. The summed E-state index contributed by atoms with van der Waals surface area (Å²) in [5, 5.41) is 16.1. The monoisotopic (exact) mass is 285 g/mol. The van der Waals surface area contributed by atoms with Gasteiger partial charge in [0, 0.05) is 6.04 Å². The van der Waals surface area contributed by atoms with Crippen LogP contribution in [0.15, 0.2) is 6.20 Å². The number of rotatable bonds is 3. The van der Waals surface area contributed by atoms with Gasteiger partial charge in [-0.15, -0.1) is 11.3 Å². The highest BCUT2D eigenvalue weighted by Gasteiger charge is 2.24. The van der Waals surface area contributed by atoms with Crippen molar-refractivity contribution >= 4 is 22.9 Å². The molecule has 2 aromatic heterocycles. The fraction of sp³-hybridized carbons (Fsp3) is 0.500. The van der Waals surface area contributed by atoms with E-state index in [0.29, 0.717) is 10.7 Å². The van der Waals surface area contributed by atoms with E-state index in [1.165, 1.54) is 11.3 Å². The highest BCUT2D eigenvalue weighted by molar-refractivity contribution is 7.11. The third-order valence-corrected chi connectivity index (χ3v) is 4.14. The summed E-state index contributed by atoms with van der Waals surface area (Å²) in [4.78, 5) is 5.16. The molecule has 2 aromatic rings. The molecule has 0 spiro atoms. The predicted molar refractivity (Wildman–Crippen MR) is 73.3 cm³/mol. The summed E-state index contributed by atoms with van der Waals surface area (Å²) in [7, 11) is 0. The van der Waals surface area contributed by atoms with Gasteiger partial charge in [0.2, 0.25) is 0 Å². The van der Waals surface area contributed by atoms with Gasteiger partial charge in [0.05, 0.1) is 32.5 Å². The minimum absolute atomic E-state index is 0.150. The summed E-state index contributed by atoms with van der Waals surface area (Å²) >= 11 is 7.62. The molecule has 98 valence electrons. The molecule has 0 saturated heterocycles. The lowest BCUT2D eigenvalue weighted by atomic mass is 10.2. The predicted octanol–water partition coefficient (Wildman–Crippen LogP) is 3.27. The van der Waals surface area contributed by atoms with E-state index in [0.717, 1.165) is 15.6 Å². The zero-order valence-corrected chi connectivity index (χ0v) is 12.4. The van der Waals surface area contributed by atoms with Gasteiger partial charge in [0.1, 0.15) is 6.10 Å².